The summed E-state index contributed by atoms with van der Waals surface area (Å²) in [5.74, 6) is 2.94. The number of thioether (sulfide) groups is 1. The summed E-state index contributed by atoms with van der Waals surface area (Å²) in [4.78, 5) is 8.54. The lowest BCUT2D eigenvalue weighted by molar-refractivity contribution is 0.441. The predicted octanol–water partition coefficient (Wildman–Crippen LogP) is 1.60. The molecule has 0 amide bonds. The van der Waals surface area contributed by atoms with Crippen molar-refractivity contribution in [2.75, 3.05) is 18.1 Å². The molecule has 0 spiro atoms. The van der Waals surface area contributed by atoms with Crippen LogP contribution < -0.4 is 5.32 Å². The van der Waals surface area contributed by atoms with Gasteiger partial charge in [-0.3, -0.25) is 0 Å². The van der Waals surface area contributed by atoms with E-state index in [-0.39, 0.29) is 6.04 Å². The van der Waals surface area contributed by atoms with Crippen molar-refractivity contribution < 1.29 is 4.42 Å². The largest absolute Gasteiger partial charge is 0.437 e. The van der Waals surface area contributed by atoms with Crippen molar-refractivity contribution in [1.82, 2.24) is 15.3 Å². The van der Waals surface area contributed by atoms with Gasteiger partial charge in [0.1, 0.15) is 0 Å². The predicted molar refractivity (Wildman–Crippen MR) is 59.9 cm³/mol. The van der Waals surface area contributed by atoms with Crippen molar-refractivity contribution in [1.29, 1.82) is 0 Å². The molecule has 15 heavy (non-hydrogen) atoms. The molecule has 2 aromatic heterocycles. The number of pyridine rings is 1. The van der Waals surface area contributed by atoms with Crippen molar-refractivity contribution >= 4 is 23.0 Å². The Hall–Kier alpha value is -1.07. The lowest BCUT2D eigenvalue weighted by Gasteiger charge is -2.19. The number of hydrogen-bond acceptors (Lipinski definition) is 5. The van der Waals surface area contributed by atoms with E-state index in [9.17, 15) is 0 Å². The Labute approximate surface area is 91.5 Å². The first kappa shape index (κ1) is 9.18. The zero-order valence-corrected chi connectivity index (χ0v) is 8.96. The Morgan fingerprint density at radius 2 is 2.53 bits per heavy atom. The Morgan fingerprint density at radius 3 is 3.33 bits per heavy atom. The molecule has 1 fully saturated rings. The van der Waals surface area contributed by atoms with Gasteiger partial charge in [-0.25, -0.2) is 4.98 Å². The highest BCUT2D eigenvalue weighted by atomic mass is 32.2. The van der Waals surface area contributed by atoms with Crippen LogP contribution in [-0.2, 0) is 0 Å². The van der Waals surface area contributed by atoms with E-state index in [1.54, 1.807) is 6.20 Å². The molecule has 0 bridgehead atoms. The molecule has 1 saturated heterocycles. The monoisotopic (exact) mass is 221 g/mol. The minimum atomic E-state index is 0.234. The van der Waals surface area contributed by atoms with Gasteiger partial charge in [0.2, 0.25) is 5.89 Å². The van der Waals surface area contributed by atoms with Crippen molar-refractivity contribution in [3.63, 3.8) is 0 Å². The molecule has 78 valence electrons. The van der Waals surface area contributed by atoms with Crippen molar-refractivity contribution in [3.8, 4) is 0 Å². The number of nitrogens with one attached hydrogen (secondary N) is 1. The lowest BCUT2D eigenvalue weighted by Crippen LogP contribution is -2.30. The van der Waals surface area contributed by atoms with Crippen LogP contribution in [0.3, 0.4) is 0 Å². The number of hydrogen-bond donors (Lipinski definition) is 1. The molecule has 2 aromatic rings. The smallest absolute Gasteiger partial charge is 0.215 e. The molecule has 0 aromatic carbocycles. The van der Waals surface area contributed by atoms with Gasteiger partial charge < -0.3 is 9.73 Å². The fourth-order valence-corrected chi connectivity index (χ4v) is 2.58. The number of aromatic nitrogens is 2. The van der Waals surface area contributed by atoms with Gasteiger partial charge in [0.25, 0.3) is 0 Å². The first-order chi connectivity index (χ1) is 7.43. The Kier molecular flexibility index (Phi) is 2.34. The van der Waals surface area contributed by atoms with Gasteiger partial charge in [0, 0.05) is 24.2 Å². The Bertz CT molecular complexity index is 431. The third-order valence-corrected chi connectivity index (χ3v) is 3.46. The van der Waals surface area contributed by atoms with E-state index in [2.05, 4.69) is 15.3 Å². The number of fused-ring (bicyclic) bond motifs is 1. The van der Waals surface area contributed by atoms with Crippen LogP contribution in [0.25, 0.3) is 11.2 Å². The molecule has 1 atom stereocenters. The second kappa shape index (κ2) is 3.83. The van der Waals surface area contributed by atoms with Crippen LogP contribution in [0, 0.1) is 0 Å². The maximum atomic E-state index is 5.66. The van der Waals surface area contributed by atoms with Crippen LogP contribution >= 0.6 is 11.8 Å². The summed E-state index contributed by atoms with van der Waals surface area (Å²) in [5, 5.41) is 3.39. The van der Waals surface area contributed by atoms with E-state index in [0.717, 1.165) is 29.5 Å². The van der Waals surface area contributed by atoms with Gasteiger partial charge in [-0.2, -0.15) is 16.7 Å². The quantitative estimate of drug-likeness (QED) is 0.792. The summed E-state index contributed by atoms with van der Waals surface area (Å²) >= 11 is 1.92. The second-order valence-electron chi connectivity index (χ2n) is 3.46. The third-order valence-electron chi connectivity index (χ3n) is 2.40. The average Bonchev–Trinajstić information content (AvgIpc) is 2.74. The highest BCUT2D eigenvalue weighted by Gasteiger charge is 2.20. The maximum Gasteiger partial charge on any atom is 0.215 e. The highest BCUT2D eigenvalue weighted by molar-refractivity contribution is 7.99. The molecule has 3 heterocycles. The van der Waals surface area contributed by atoms with Crippen molar-refractivity contribution in [3.05, 3.63) is 24.2 Å². The van der Waals surface area contributed by atoms with Gasteiger partial charge in [-0.05, 0) is 12.1 Å². The molecule has 1 N–H and O–H groups in total. The maximum absolute atomic E-state index is 5.66. The van der Waals surface area contributed by atoms with Crippen molar-refractivity contribution in [2.24, 2.45) is 0 Å². The van der Waals surface area contributed by atoms with Crippen LogP contribution in [0.1, 0.15) is 11.9 Å². The SMILES string of the molecule is c1cnc2nc(C3CSCCN3)oc2c1. The minimum absolute atomic E-state index is 0.234. The molecule has 1 aliphatic heterocycles. The molecular formula is C10H11N3OS. The standard InChI is InChI=1S/C10H11N3OS/c1-2-8-9(12-3-1)13-10(14-8)7-6-15-5-4-11-7/h1-3,7,11H,4-6H2. The van der Waals surface area contributed by atoms with Gasteiger partial charge in [-0.1, -0.05) is 0 Å². The van der Waals surface area contributed by atoms with E-state index in [1.807, 2.05) is 23.9 Å². The fraction of sp³-hybridized carbons (Fsp3) is 0.400. The molecule has 1 unspecified atom stereocenters. The van der Waals surface area contributed by atoms with Crippen LogP contribution in [0.4, 0.5) is 0 Å². The van der Waals surface area contributed by atoms with E-state index in [0.29, 0.717) is 5.65 Å². The molecule has 4 nitrogen and oxygen atoms in total. The van der Waals surface area contributed by atoms with Gasteiger partial charge in [-0.15, -0.1) is 0 Å². The first-order valence-corrected chi connectivity index (χ1v) is 6.11. The van der Waals surface area contributed by atoms with Crippen LogP contribution in [0.2, 0.25) is 0 Å². The molecule has 1 aliphatic rings. The summed E-state index contributed by atoms with van der Waals surface area (Å²) in [5.41, 5.74) is 1.47. The Morgan fingerprint density at radius 1 is 1.53 bits per heavy atom. The molecule has 0 aliphatic carbocycles. The number of oxazole rings is 1. The Balaban J connectivity index is 1.96. The van der Waals surface area contributed by atoms with E-state index >= 15 is 0 Å². The second-order valence-corrected chi connectivity index (χ2v) is 4.61. The summed E-state index contributed by atoms with van der Waals surface area (Å²) in [6.45, 7) is 1.02. The summed E-state index contributed by atoms with van der Waals surface area (Å²) < 4.78 is 5.66. The number of rotatable bonds is 1. The average molecular weight is 221 g/mol. The summed E-state index contributed by atoms with van der Waals surface area (Å²) in [6.07, 6.45) is 1.73. The molecule has 3 rings (SSSR count). The lowest BCUT2D eigenvalue weighted by atomic mass is 10.3. The van der Waals surface area contributed by atoms with Crippen molar-refractivity contribution in [2.45, 2.75) is 6.04 Å². The summed E-state index contributed by atoms with van der Waals surface area (Å²) in [6, 6.07) is 3.99. The molecular weight excluding hydrogens is 210 g/mol. The number of nitrogens with zero attached hydrogens (tertiary/aromatic N) is 2. The van der Waals surface area contributed by atoms with Crippen LogP contribution in [0.15, 0.2) is 22.7 Å². The van der Waals surface area contributed by atoms with Crippen LogP contribution in [-0.4, -0.2) is 28.0 Å². The fourth-order valence-electron chi connectivity index (χ4n) is 1.66. The first-order valence-electron chi connectivity index (χ1n) is 4.96. The topological polar surface area (TPSA) is 51.0 Å². The zero-order valence-electron chi connectivity index (χ0n) is 8.14. The van der Waals surface area contributed by atoms with Gasteiger partial charge in [0.05, 0.1) is 6.04 Å². The van der Waals surface area contributed by atoms with E-state index in [4.69, 9.17) is 4.42 Å². The molecule has 5 heteroatoms. The minimum Gasteiger partial charge on any atom is -0.437 e. The molecule has 0 saturated carbocycles. The van der Waals surface area contributed by atoms with E-state index < -0.39 is 0 Å². The highest BCUT2D eigenvalue weighted by Crippen LogP contribution is 2.23. The normalized spacial score (nSPS) is 22.0. The van der Waals surface area contributed by atoms with Gasteiger partial charge in [0.15, 0.2) is 11.2 Å². The van der Waals surface area contributed by atoms with Gasteiger partial charge >= 0.3 is 0 Å². The molecule has 0 radical (unpaired) electrons. The summed E-state index contributed by atoms with van der Waals surface area (Å²) in [7, 11) is 0. The van der Waals surface area contributed by atoms with E-state index in [1.165, 1.54) is 0 Å². The third kappa shape index (κ3) is 1.72. The zero-order chi connectivity index (χ0) is 10.1. The van der Waals surface area contributed by atoms with Crippen LogP contribution in [0.5, 0.6) is 0 Å².